The lowest BCUT2D eigenvalue weighted by molar-refractivity contribution is 1.16. The predicted octanol–water partition coefficient (Wildman–Crippen LogP) is 3.40. The van der Waals surface area contributed by atoms with Crippen molar-refractivity contribution in [1.29, 1.82) is 0 Å². The Hall–Kier alpha value is -3.12. The molecule has 7 heteroatoms. The molecule has 6 nitrogen and oxygen atoms in total. The minimum Gasteiger partial charge on any atom is -0.305 e. The molecule has 1 N–H and O–H groups in total. The van der Waals surface area contributed by atoms with Crippen molar-refractivity contribution in [2.75, 3.05) is 0 Å². The van der Waals surface area contributed by atoms with Gasteiger partial charge in [-0.25, -0.2) is 15.0 Å². The smallest absolute Gasteiger partial charge is 0.249 e. The van der Waals surface area contributed by atoms with Gasteiger partial charge in [-0.1, -0.05) is 17.7 Å². The van der Waals surface area contributed by atoms with Gasteiger partial charge in [-0.3, -0.25) is 9.78 Å². The Morgan fingerprint density at radius 2 is 1.88 bits per heavy atom. The highest BCUT2D eigenvalue weighted by Crippen LogP contribution is 2.30. The molecular formula is C18H12ClN5O. The second-order valence-electron chi connectivity index (χ2n) is 5.51. The number of aromatic nitrogens is 5. The number of pyridine rings is 3. The number of nitrogens with zero attached hydrogens (tertiary/aromatic N) is 4. The average Bonchev–Trinajstić information content (AvgIpc) is 2.60. The van der Waals surface area contributed by atoms with Gasteiger partial charge in [0.25, 0.3) is 0 Å². The number of hydrogen-bond acceptors (Lipinski definition) is 5. The fraction of sp³-hybridized carbons (Fsp3) is 0.0556. The molecule has 0 aromatic carbocycles. The summed E-state index contributed by atoms with van der Waals surface area (Å²) >= 11 is 6.11. The van der Waals surface area contributed by atoms with Crippen LogP contribution in [0.4, 0.5) is 0 Å². The minimum atomic E-state index is -0.232. The molecule has 0 spiro atoms. The minimum absolute atomic E-state index is 0.232. The molecule has 0 saturated carbocycles. The number of rotatable bonds is 2. The van der Waals surface area contributed by atoms with E-state index in [0.717, 1.165) is 11.3 Å². The van der Waals surface area contributed by atoms with Crippen LogP contribution in [0.15, 0.2) is 53.5 Å². The van der Waals surface area contributed by atoms with Crippen LogP contribution in [0.3, 0.4) is 0 Å². The molecule has 4 heterocycles. The molecule has 4 aromatic heterocycles. The molecule has 25 heavy (non-hydrogen) atoms. The first kappa shape index (κ1) is 15.4. The lowest BCUT2D eigenvalue weighted by Gasteiger charge is -2.10. The monoisotopic (exact) mass is 349 g/mol. The maximum Gasteiger partial charge on any atom is 0.249 e. The van der Waals surface area contributed by atoms with Gasteiger partial charge in [0.1, 0.15) is 16.4 Å². The maximum absolute atomic E-state index is 11.6. The molecule has 0 unspecified atom stereocenters. The molecule has 0 aliphatic carbocycles. The second-order valence-corrected chi connectivity index (χ2v) is 5.90. The molecule has 4 rings (SSSR count). The summed E-state index contributed by atoms with van der Waals surface area (Å²) in [6, 6.07) is 12.2. The molecule has 0 aliphatic rings. The SMILES string of the molecule is Cc1cc(-c2nc3ccc(=O)[nH]c3nc2-c2ccccn2)cc(Cl)n1. The summed E-state index contributed by atoms with van der Waals surface area (Å²) in [6.45, 7) is 1.86. The van der Waals surface area contributed by atoms with Crippen LogP contribution in [0.25, 0.3) is 33.8 Å². The van der Waals surface area contributed by atoms with Crippen LogP contribution < -0.4 is 5.56 Å². The number of halogens is 1. The summed E-state index contributed by atoms with van der Waals surface area (Å²) in [5.74, 6) is 0. The van der Waals surface area contributed by atoms with E-state index >= 15 is 0 Å². The maximum atomic E-state index is 11.6. The van der Waals surface area contributed by atoms with E-state index in [9.17, 15) is 4.79 Å². The van der Waals surface area contributed by atoms with Gasteiger partial charge < -0.3 is 4.98 Å². The topological polar surface area (TPSA) is 84.4 Å². The first-order valence-electron chi connectivity index (χ1n) is 7.57. The van der Waals surface area contributed by atoms with E-state index in [4.69, 9.17) is 11.6 Å². The highest BCUT2D eigenvalue weighted by atomic mass is 35.5. The Morgan fingerprint density at radius 1 is 1.00 bits per heavy atom. The highest BCUT2D eigenvalue weighted by Gasteiger charge is 2.15. The number of hydrogen-bond donors (Lipinski definition) is 1. The summed E-state index contributed by atoms with van der Waals surface area (Å²) in [6.07, 6.45) is 1.68. The van der Waals surface area contributed by atoms with Crippen molar-refractivity contribution < 1.29 is 0 Å². The molecule has 0 fully saturated rings. The van der Waals surface area contributed by atoms with Gasteiger partial charge in [0.2, 0.25) is 5.56 Å². The zero-order valence-electron chi connectivity index (χ0n) is 13.2. The number of aryl methyl sites for hydroxylation is 1. The molecule has 0 saturated heterocycles. The molecule has 0 aliphatic heterocycles. The third-order valence-corrected chi connectivity index (χ3v) is 3.85. The summed E-state index contributed by atoms with van der Waals surface area (Å²) in [4.78, 5) is 32.2. The van der Waals surface area contributed by atoms with E-state index in [-0.39, 0.29) is 5.56 Å². The first-order chi connectivity index (χ1) is 12.1. The van der Waals surface area contributed by atoms with Crippen LogP contribution in [0.5, 0.6) is 0 Å². The summed E-state index contributed by atoms with van der Waals surface area (Å²) in [5.41, 5.74) is 4.18. The fourth-order valence-electron chi connectivity index (χ4n) is 2.62. The quantitative estimate of drug-likeness (QED) is 0.561. The van der Waals surface area contributed by atoms with E-state index in [1.807, 2.05) is 31.2 Å². The molecule has 4 aromatic rings. The second kappa shape index (κ2) is 6.07. The molecule has 0 amide bonds. The van der Waals surface area contributed by atoms with E-state index in [2.05, 4.69) is 24.9 Å². The Labute approximate surface area is 147 Å². The number of fused-ring (bicyclic) bond motifs is 1. The van der Waals surface area contributed by atoms with Gasteiger partial charge in [-0.15, -0.1) is 0 Å². The van der Waals surface area contributed by atoms with Crippen LogP contribution in [0, 0.1) is 6.92 Å². The van der Waals surface area contributed by atoms with E-state index in [0.29, 0.717) is 33.4 Å². The van der Waals surface area contributed by atoms with Gasteiger partial charge in [0, 0.05) is 23.5 Å². The van der Waals surface area contributed by atoms with Crippen LogP contribution in [0.2, 0.25) is 5.15 Å². The standard InChI is InChI=1S/C18H12ClN5O/c1-10-8-11(9-14(19)21-10)16-17(12-4-2-3-7-20-12)24-18-13(22-16)5-6-15(25)23-18/h2-9H,1H3,(H,23,24,25). The van der Waals surface area contributed by atoms with Crippen LogP contribution >= 0.6 is 11.6 Å². The van der Waals surface area contributed by atoms with Crippen LogP contribution in [-0.2, 0) is 0 Å². The Morgan fingerprint density at radius 3 is 2.64 bits per heavy atom. The number of aromatic amines is 1. The third kappa shape index (κ3) is 2.99. The van der Waals surface area contributed by atoms with Gasteiger partial charge in [-0.2, -0.15) is 0 Å². The van der Waals surface area contributed by atoms with Gasteiger partial charge in [-0.05, 0) is 37.3 Å². The fourth-order valence-corrected chi connectivity index (χ4v) is 2.87. The highest BCUT2D eigenvalue weighted by molar-refractivity contribution is 6.29. The lowest BCUT2D eigenvalue weighted by Crippen LogP contribution is -2.06. The van der Waals surface area contributed by atoms with Crippen molar-refractivity contribution in [2.24, 2.45) is 0 Å². The van der Waals surface area contributed by atoms with Crippen molar-refractivity contribution in [3.05, 3.63) is 69.9 Å². The summed E-state index contributed by atoms with van der Waals surface area (Å²) in [5, 5.41) is 0.380. The number of nitrogens with one attached hydrogen (secondary N) is 1. The summed E-state index contributed by atoms with van der Waals surface area (Å²) in [7, 11) is 0. The summed E-state index contributed by atoms with van der Waals surface area (Å²) < 4.78 is 0. The van der Waals surface area contributed by atoms with Crippen molar-refractivity contribution in [3.8, 4) is 22.6 Å². The van der Waals surface area contributed by atoms with Crippen LogP contribution in [-0.4, -0.2) is 24.9 Å². The first-order valence-corrected chi connectivity index (χ1v) is 7.95. The average molecular weight is 350 g/mol. The van der Waals surface area contributed by atoms with Crippen molar-refractivity contribution in [1.82, 2.24) is 24.9 Å². The lowest BCUT2D eigenvalue weighted by atomic mass is 10.1. The predicted molar refractivity (Wildman–Crippen MR) is 96.4 cm³/mol. The Balaban J connectivity index is 2.07. The molecular weight excluding hydrogens is 338 g/mol. The van der Waals surface area contributed by atoms with E-state index < -0.39 is 0 Å². The number of H-pyrrole nitrogens is 1. The molecule has 0 atom stereocenters. The Kier molecular flexibility index (Phi) is 3.74. The van der Waals surface area contributed by atoms with Crippen molar-refractivity contribution in [3.63, 3.8) is 0 Å². The molecule has 0 radical (unpaired) electrons. The third-order valence-electron chi connectivity index (χ3n) is 3.66. The zero-order chi connectivity index (χ0) is 17.4. The van der Waals surface area contributed by atoms with Crippen molar-refractivity contribution in [2.45, 2.75) is 6.92 Å². The van der Waals surface area contributed by atoms with Crippen LogP contribution in [0.1, 0.15) is 5.69 Å². The van der Waals surface area contributed by atoms with Gasteiger partial charge in [0.15, 0.2) is 5.65 Å². The van der Waals surface area contributed by atoms with Crippen molar-refractivity contribution >= 4 is 22.8 Å². The molecule has 0 bridgehead atoms. The van der Waals surface area contributed by atoms with E-state index in [1.54, 1.807) is 18.3 Å². The Bertz CT molecular complexity index is 1120. The normalized spacial score (nSPS) is 11.0. The molecule has 122 valence electrons. The van der Waals surface area contributed by atoms with Gasteiger partial charge >= 0.3 is 0 Å². The zero-order valence-corrected chi connectivity index (χ0v) is 13.9. The largest absolute Gasteiger partial charge is 0.305 e. The van der Waals surface area contributed by atoms with Gasteiger partial charge in [0.05, 0.1) is 11.4 Å². The van der Waals surface area contributed by atoms with E-state index in [1.165, 1.54) is 6.07 Å².